The molecule has 1 aliphatic heterocycles. The monoisotopic (exact) mass is 575 g/mol. The Morgan fingerprint density at radius 2 is 1.71 bits per heavy atom. The van der Waals surface area contributed by atoms with Gasteiger partial charge in [0.2, 0.25) is 15.9 Å². The molecule has 3 aromatic carbocycles. The molecule has 0 aliphatic carbocycles. The van der Waals surface area contributed by atoms with Crippen LogP contribution < -0.4 is 15.0 Å². The van der Waals surface area contributed by atoms with E-state index in [1.54, 1.807) is 42.5 Å². The van der Waals surface area contributed by atoms with E-state index in [0.29, 0.717) is 35.0 Å². The molecule has 3 aromatic rings. The van der Waals surface area contributed by atoms with Crippen LogP contribution in [0.2, 0.25) is 10.0 Å². The van der Waals surface area contributed by atoms with Gasteiger partial charge in [-0.2, -0.15) is 4.31 Å². The maximum absolute atomic E-state index is 13.5. The van der Waals surface area contributed by atoms with Crippen LogP contribution in [0.3, 0.4) is 0 Å². The van der Waals surface area contributed by atoms with Gasteiger partial charge in [0.1, 0.15) is 5.75 Å². The summed E-state index contributed by atoms with van der Waals surface area (Å²) in [5, 5.41) is 3.49. The molecular formula is C27H27Cl2N3O5S. The topological polar surface area (TPSA) is 96.0 Å². The second-order valence-electron chi connectivity index (χ2n) is 8.88. The van der Waals surface area contributed by atoms with Crippen molar-refractivity contribution < 1.29 is 22.7 Å². The summed E-state index contributed by atoms with van der Waals surface area (Å²) in [5.41, 5.74) is 2.13. The summed E-state index contributed by atoms with van der Waals surface area (Å²) in [6, 6.07) is 21.4. The number of rotatable bonds is 9. The predicted octanol–water partition coefficient (Wildman–Crippen LogP) is 3.91. The maximum atomic E-state index is 13.5. The third kappa shape index (κ3) is 7.05. The number of nitrogens with one attached hydrogen (secondary N) is 1. The minimum atomic E-state index is -3.77. The van der Waals surface area contributed by atoms with Crippen LogP contribution in [0.4, 0.5) is 5.69 Å². The molecule has 2 amide bonds. The van der Waals surface area contributed by atoms with E-state index in [2.05, 4.69) is 5.32 Å². The van der Waals surface area contributed by atoms with Crippen LogP contribution in [0.25, 0.3) is 0 Å². The normalized spacial score (nSPS) is 15.1. The second-order valence-corrected chi connectivity index (χ2v) is 11.7. The Hall–Kier alpha value is -3.11. The minimum absolute atomic E-state index is 0.0581. The fourth-order valence-electron chi connectivity index (χ4n) is 4.06. The molecule has 0 fully saturated rings. The lowest BCUT2D eigenvalue weighted by Gasteiger charge is -2.35. The number of para-hydroxylation sites is 2. The Balaban J connectivity index is 1.48. The van der Waals surface area contributed by atoms with Gasteiger partial charge in [0, 0.05) is 13.1 Å². The number of ether oxygens (including phenoxy) is 1. The van der Waals surface area contributed by atoms with Crippen LogP contribution in [0.15, 0.2) is 72.8 Å². The fraction of sp³-hybridized carbons (Fsp3) is 0.259. The van der Waals surface area contributed by atoms with E-state index in [4.69, 9.17) is 27.9 Å². The molecule has 11 heteroatoms. The molecule has 1 atom stereocenters. The largest absolute Gasteiger partial charge is 0.477 e. The van der Waals surface area contributed by atoms with Crippen LogP contribution >= 0.6 is 23.2 Å². The Labute approximate surface area is 232 Å². The van der Waals surface area contributed by atoms with Crippen LogP contribution in [-0.4, -0.2) is 56.5 Å². The van der Waals surface area contributed by atoms with Crippen LogP contribution in [0, 0.1) is 0 Å². The number of hydrogen-bond acceptors (Lipinski definition) is 5. The SMILES string of the molecule is CS(=O)(=O)N(CC(=O)N1CC(C(=O)NCCc2ccccc2)Oc2ccccc21)Cc1ccc(Cl)c(Cl)c1. The predicted molar refractivity (Wildman–Crippen MR) is 148 cm³/mol. The zero-order chi connectivity index (χ0) is 27.3. The summed E-state index contributed by atoms with van der Waals surface area (Å²) < 4.78 is 32.1. The first kappa shape index (κ1) is 27.9. The summed E-state index contributed by atoms with van der Waals surface area (Å²) in [7, 11) is -3.77. The average molecular weight is 577 g/mol. The molecule has 0 bridgehead atoms. The van der Waals surface area contributed by atoms with E-state index >= 15 is 0 Å². The van der Waals surface area contributed by atoms with E-state index < -0.39 is 28.6 Å². The van der Waals surface area contributed by atoms with Crippen molar-refractivity contribution >= 4 is 50.7 Å². The number of amides is 2. The number of anilines is 1. The number of fused-ring (bicyclic) bond motifs is 1. The number of nitrogens with zero attached hydrogens (tertiary/aromatic N) is 2. The Morgan fingerprint density at radius 1 is 1.00 bits per heavy atom. The minimum Gasteiger partial charge on any atom is -0.477 e. The molecule has 200 valence electrons. The number of sulfonamides is 1. The van der Waals surface area contributed by atoms with Crippen molar-refractivity contribution in [2.24, 2.45) is 0 Å². The highest BCUT2D eigenvalue weighted by molar-refractivity contribution is 7.88. The molecule has 1 N–H and O–H groups in total. The molecule has 0 spiro atoms. The van der Waals surface area contributed by atoms with Crippen LogP contribution in [0.1, 0.15) is 11.1 Å². The standard InChI is InChI=1S/C27H27Cl2N3O5S/c1-38(35,36)31(16-20-11-12-21(28)22(29)15-20)18-26(33)32-17-25(37-24-10-6-5-9-23(24)32)27(34)30-14-13-19-7-3-2-4-8-19/h2-12,15,25H,13-14,16-18H2,1H3,(H,30,34). The van der Waals surface area contributed by atoms with Crippen molar-refractivity contribution in [3.63, 3.8) is 0 Å². The third-order valence-corrected chi connectivity index (χ3v) is 7.98. The Kier molecular flexibility index (Phi) is 8.94. The molecule has 0 saturated heterocycles. The number of halogens is 2. The van der Waals surface area contributed by atoms with E-state index in [-0.39, 0.29) is 24.0 Å². The number of hydrogen-bond donors (Lipinski definition) is 1. The van der Waals surface area contributed by atoms with Gasteiger partial charge in [0.05, 0.1) is 35.1 Å². The first-order valence-corrected chi connectivity index (χ1v) is 14.5. The summed E-state index contributed by atoms with van der Waals surface area (Å²) in [4.78, 5) is 27.8. The van der Waals surface area contributed by atoms with Gasteiger partial charge in [0.25, 0.3) is 5.91 Å². The fourth-order valence-corrected chi connectivity index (χ4v) is 5.11. The highest BCUT2D eigenvalue weighted by atomic mass is 35.5. The van der Waals surface area contributed by atoms with Gasteiger partial charge in [-0.3, -0.25) is 9.59 Å². The molecule has 0 radical (unpaired) electrons. The lowest BCUT2D eigenvalue weighted by molar-refractivity contribution is -0.128. The summed E-state index contributed by atoms with van der Waals surface area (Å²) >= 11 is 12.1. The quantitative estimate of drug-likeness (QED) is 0.417. The van der Waals surface area contributed by atoms with Crippen molar-refractivity contribution in [3.8, 4) is 5.75 Å². The molecular weight excluding hydrogens is 549 g/mol. The first-order chi connectivity index (χ1) is 18.1. The van der Waals surface area contributed by atoms with Crippen molar-refractivity contribution in [3.05, 3.63) is 94.0 Å². The molecule has 1 aliphatic rings. The van der Waals surface area contributed by atoms with Gasteiger partial charge in [-0.1, -0.05) is 71.7 Å². The summed E-state index contributed by atoms with van der Waals surface area (Å²) in [5.74, 6) is -0.483. The van der Waals surface area contributed by atoms with E-state index in [1.807, 2.05) is 30.3 Å². The molecule has 0 aromatic heterocycles. The highest BCUT2D eigenvalue weighted by Gasteiger charge is 2.35. The van der Waals surface area contributed by atoms with Crippen LogP contribution in [0.5, 0.6) is 5.75 Å². The average Bonchev–Trinajstić information content (AvgIpc) is 2.89. The zero-order valence-corrected chi connectivity index (χ0v) is 23.0. The summed E-state index contributed by atoms with van der Waals surface area (Å²) in [6.07, 6.45) is 0.733. The lowest BCUT2D eigenvalue weighted by Crippen LogP contribution is -2.53. The maximum Gasteiger partial charge on any atom is 0.262 e. The van der Waals surface area contributed by atoms with Crippen LogP contribution in [-0.2, 0) is 32.6 Å². The van der Waals surface area contributed by atoms with Crippen molar-refractivity contribution in [1.82, 2.24) is 9.62 Å². The van der Waals surface area contributed by atoms with E-state index in [9.17, 15) is 18.0 Å². The second kappa shape index (κ2) is 12.2. The van der Waals surface area contributed by atoms with Crippen molar-refractivity contribution in [1.29, 1.82) is 0 Å². The highest BCUT2D eigenvalue weighted by Crippen LogP contribution is 2.33. The number of carbonyl (C=O) groups excluding carboxylic acids is 2. The van der Waals surface area contributed by atoms with Gasteiger partial charge in [-0.15, -0.1) is 0 Å². The third-order valence-electron chi connectivity index (χ3n) is 6.05. The molecule has 1 heterocycles. The molecule has 8 nitrogen and oxygen atoms in total. The first-order valence-electron chi connectivity index (χ1n) is 11.9. The molecule has 1 unspecified atom stereocenters. The molecule has 38 heavy (non-hydrogen) atoms. The van der Waals surface area contributed by atoms with Crippen molar-refractivity contribution in [2.75, 3.05) is 30.8 Å². The molecule has 0 saturated carbocycles. The van der Waals surface area contributed by atoms with Gasteiger partial charge in [0.15, 0.2) is 6.10 Å². The zero-order valence-electron chi connectivity index (χ0n) is 20.6. The van der Waals surface area contributed by atoms with Gasteiger partial charge in [-0.05, 0) is 41.8 Å². The number of carbonyl (C=O) groups is 2. The van der Waals surface area contributed by atoms with E-state index in [0.717, 1.165) is 16.1 Å². The summed E-state index contributed by atoms with van der Waals surface area (Å²) in [6.45, 7) is -0.159. The Bertz CT molecular complexity index is 1420. The lowest BCUT2D eigenvalue weighted by atomic mass is 10.1. The Morgan fingerprint density at radius 3 is 2.42 bits per heavy atom. The smallest absolute Gasteiger partial charge is 0.262 e. The number of benzene rings is 3. The van der Waals surface area contributed by atoms with Gasteiger partial charge in [-0.25, -0.2) is 8.42 Å². The molecule has 4 rings (SSSR count). The van der Waals surface area contributed by atoms with E-state index in [1.165, 1.54) is 4.90 Å². The van der Waals surface area contributed by atoms with Gasteiger partial charge < -0.3 is 15.0 Å². The van der Waals surface area contributed by atoms with Crippen molar-refractivity contribution in [2.45, 2.75) is 19.1 Å². The van der Waals surface area contributed by atoms with Gasteiger partial charge >= 0.3 is 0 Å².